The number of nitrogens with zero attached hydrogens (tertiary/aromatic N) is 3. The van der Waals surface area contributed by atoms with E-state index in [2.05, 4.69) is 190 Å². The number of para-hydroxylation sites is 4. The molecule has 3 heterocycles. The van der Waals surface area contributed by atoms with Crippen LogP contribution in [0.1, 0.15) is 0 Å². The van der Waals surface area contributed by atoms with Crippen LogP contribution in [0.25, 0.3) is 82.7 Å². The molecular weight excluding hydrogens is 571 g/mol. The van der Waals surface area contributed by atoms with Gasteiger partial charge in [0.15, 0.2) is 0 Å². The van der Waals surface area contributed by atoms with Crippen molar-refractivity contribution in [3.63, 3.8) is 0 Å². The number of aromatic nitrogens is 3. The van der Waals surface area contributed by atoms with Crippen LogP contribution in [0.2, 0.25) is 0 Å². The lowest BCUT2D eigenvalue weighted by molar-refractivity contribution is 1.13. The first kappa shape index (κ1) is 26.0. The van der Waals surface area contributed by atoms with Crippen molar-refractivity contribution in [2.45, 2.75) is 0 Å². The van der Waals surface area contributed by atoms with Crippen molar-refractivity contribution in [2.75, 3.05) is 0 Å². The number of benzene rings is 7. The summed E-state index contributed by atoms with van der Waals surface area (Å²) in [7, 11) is 0. The zero-order chi connectivity index (χ0) is 30.9. The zero-order valence-corrected chi connectivity index (χ0v) is 25.6. The van der Waals surface area contributed by atoms with Crippen molar-refractivity contribution in [3.05, 3.63) is 176 Å². The lowest BCUT2D eigenvalue weighted by Gasteiger charge is -2.11. The van der Waals surface area contributed by atoms with Crippen molar-refractivity contribution in [3.8, 4) is 28.2 Å². The second kappa shape index (κ2) is 10.1. The minimum Gasteiger partial charge on any atom is -0.317 e. The largest absolute Gasteiger partial charge is 0.317 e. The highest BCUT2D eigenvalue weighted by Gasteiger charge is 2.17. The van der Waals surface area contributed by atoms with Gasteiger partial charge in [0.05, 0.1) is 27.6 Å². The van der Waals surface area contributed by atoms with Gasteiger partial charge in [-0.05, 0) is 83.9 Å². The van der Waals surface area contributed by atoms with Crippen LogP contribution in [-0.2, 0) is 0 Å². The van der Waals surface area contributed by atoms with Gasteiger partial charge >= 0.3 is 0 Å². The van der Waals surface area contributed by atoms with Gasteiger partial charge in [-0.1, -0.05) is 97.1 Å². The molecule has 0 aliphatic heterocycles. The summed E-state index contributed by atoms with van der Waals surface area (Å²) in [5, 5.41) is 6.38. The summed E-state index contributed by atoms with van der Waals surface area (Å²) >= 11 is 0. The highest BCUT2D eigenvalue weighted by atomic mass is 15.0. The molecule has 0 unspecified atom stereocenters. The van der Waals surface area contributed by atoms with E-state index in [-0.39, 0.29) is 0 Å². The molecule has 0 radical (unpaired) electrons. The van der Waals surface area contributed by atoms with Gasteiger partial charge in [-0.2, -0.15) is 0 Å². The summed E-state index contributed by atoms with van der Waals surface area (Å²) in [4.78, 5) is 0. The predicted molar refractivity (Wildman–Crippen MR) is 197 cm³/mol. The first-order valence-electron chi connectivity index (χ1n) is 16.1. The van der Waals surface area contributed by atoms with Gasteiger partial charge in [-0.25, -0.2) is 0 Å². The fourth-order valence-corrected chi connectivity index (χ4v) is 7.58. The maximum atomic E-state index is 2.40. The van der Waals surface area contributed by atoms with Gasteiger partial charge in [0, 0.05) is 50.2 Å². The molecule has 0 aliphatic rings. The Balaban J connectivity index is 1.05. The molecule has 3 heteroatoms. The molecule has 47 heavy (non-hydrogen) atoms. The molecule has 220 valence electrons. The predicted octanol–water partition coefficient (Wildman–Crippen LogP) is 11.5. The fraction of sp³-hybridized carbons (Fsp3) is 0. The Morgan fingerprint density at radius 1 is 0.277 bits per heavy atom. The van der Waals surface area contributed by atoms with E-state index < -0.39 is 0 Å². The van der Waals surface area contributed by atoms with Crippen LogP contribution >= 0.6 is 0 Å². The van der Waals surface area contributed by atoms with Crippen LogP contribution in [0.5, 0.6) is 0 Å². The molecular formula is C44H29N3. The second-order valence-corrected chi connectivity index (χ2v) is 12.2. The van der Waals surface area contributed by atoms with Crippen LogP contribution in [0.15, 0.2) is 176 Å². The maximum absolute atomic E-state index is 2.40. The van der Waals surface area contributed by atoms with Crippen molar-refractivity contribution in [2.24, 2.45) is 0 Å². The lowest BCUT2D eigenvalue weighted by atomic mass is 10.0. The van der Waals surface area contributed by atoms with E-state index in [9.17, 15) is 0 Å². The molecule has 0 atom stereocenters. The van der Waals surface area contributed by atoms with Crippen LogP contribution in [0, 0.1) is 0 Å². The fourth-order valence-electron chi connectivity index (χ4n) is 7.58. The smallest absolute Gasteiger partial charge is 0.0548 e. The molecule has 0 spiro atoms. The Hall–Kier alpha value is -6.32. The third-order valence-corrected chi connectivity index (χ3v) is 9.70. The molecule has 7 aromatic carbocycles. The SMILES string of the molecule is c1ccc(-n2ccc3c4c5ccccc5n(-c5ccc(-c6ccc(-n7c8ccccc8c8ccccc87)cc6)cc5)c4ccc32)cc1. The summed E-state index contributed by atoms with van der Waals surface area (Å²) < 4.78 is 7.05. The first-order valence-corrected chi connectivity index (χ1v) is 16.1. The van der Waals surface area contributed by atoms with Crippen molar-refractivity contribution in [1.82, 2.24) is 13.7 Å². The summed E-state index contributed by atoms with van der Waals surface area (Å²) in [5.41, 5.74) is 12.0. The van der Waals surface area contributed by atoms with Crippen molar-refractivity contribution < 1.29 is 0 Å². The molecule has 0 amide bonds. The van der Waals surface area contributed by atoms with Gasteiger partial charge in [0.1, 0.15) is 0 Å². The number of hydrogen-bond acceptors (Lipinski definition) is 0. The Morgan fingerprint density at radius 2 is 0.723 bits per heavy atom. The summed E-state index contributed by atoms with van der Waals surface area (Å²) in [6, 6.07) is 61.4. The van der Waals surface area contributed by atoms with Gasteiger partial charge in [0.2, 0.25) is 0 Å². The number of fused-ring (bicyclic) bond motifs is 8. The van der Waals surface area contributed by atoms with E-state index >= 15 is 0 Å². The van der Waals surface area contributed by atoms with E-state index in [1.54, 1.807) is 0 Å². The monoisotopic (exact) mass is 599 g/mol. The summed E-state index contributed by atoms with van der Waals surface area (Å²) in [5.74, 6) is 0. The Kier molecular flexibility index (Phi) is 5.57. The normalized spacial score (nSPS) is 11.8. The average Bonchev–Trinajstić information content (AvgIpc) is 3.82. The standard InChI is InChI=1S/C44H29N3/c1-2-10-32(11-3-1)45-29-28-38-39(45)26-27-43-44(38)37-14-6-9-17-42(37)47(43)34-24-20-31(21-25-34)30-18-22-33(23-19-30)46-40-15-7-4-12-35(40)36-13-5-8-16-41(36)46/h1-29H. The number of rotatable bonds is 4. The molecule has 3 aromatic heterocycles. The van der Waals surface area contributed by atoms with Gasteiger partial charge in [-0.15, -0.1) is 0 Å². The summed E-state index contributed by atoms with van der Waals surface area (Å²) in [6.07, 6.45) is 2.19. The lowest BCUT2D eigenvalue weighted by Crippen LogP contribution is -1.95. The highest BCUT2D eigenvalue weighted by Crippen LogP contribution is 2.38. The minimum atomic E-state index is 1.16. The van der Waals surface area contributed by atoms with Gasteiger partial charge < -0.3 is 13.7 Å². The van der Waals surface area contributed by atoms with Crippen LogP contribution < -0.4 is 0 Å². The minimum absolute atomic E-state index is 1.16. The molecule has 3 nitrogen and oxygen atoms in total. The third kappa shape index (κ3) is 3.87. The molecule has 0 saturated heterocycles. The van der Waals surface area contributed by atoms with Crippen LogP contribution in [-0.4, -0.2) is 13.7 Å². The van der Waals surface area contributed by atoms with E-state index in [0.717, 1.165) is 5.69 Å². The quantitative estimate of drug-likeness (QED) is 0.191. The Labute approximate surface area is 271 Å². The average molecular weight is 600 g/mol. The van der Waals surface area contributed by atoms with Gasteiger partial charge in [0.25, 0.3) is 0 Å². The number of hydrogen-bond donors (Lipinski definition) is 0. The molecule has 0 fully saturated rings. The van der Waals surface area contributed by atoms with E-state index in [4.69, 9.17) is 0 Å². The maximum Gasteiger partial charge on any atom is 0.0548 e. The molecule has 0 bridgehead atoms. The van der Waals surface area contributed by atoms with Crippen molar-refractivity contribution >= 4 is 54.5 Å². The van der Waals surface area contributed by atoms with Crippen LogP contribution in [0.3, 0.4) is 0 Å². The Morgan fingerprint density at radius 3 is 1.32 bits per heavy atom. The van der Waals surface area contributed by atoms with E-state index in [1.165, 1.54) is 77.0 Å². The summed E-state index contributed by atoms with van der Waals surface area (Å²) in [6.45, 7) is 0. The molecule has 0 saturated carbocycles. The molecule has 10 aromatic rings. The van der Waals surface area contributed by atoms with Crippen molar-refractivity contribution in [1.29, 1.82) is 0 Å². The second-order valence-electron chi connectivity index (χ2n) is 12.2. The van der Waals surface area contributed by atoms with Crippen LogP contribution in [0.4, 0.5) is 0 Å². The van der Waals surface area contributed by atoms with E-state index in [0.29, 0.717) is 0 Å². The molecule has 10 rings (SSSR count). The first-order chi connectivity index (χ1) is 23.3. The molecule has 0 N–H and O–H groups in total. The van der Waals surface area contributed by atoms with Gasteiger partial charge in [-0.3, -0.25) is 0 Å². The van der Waals surface area contributed by atoms with E-state index in [1.807, 2.05) is 0 Å². The third-order valence-electron chi connectivity index (χ3n) is 9.70. The molecule has 0 aliphatic carbocycles. The highest BCUT2D eigenvalue weighted by molar-refractivity contribution is 6.21. The zero-order valence-electron chi connectivity index (χ0n) is 25.6. The Bertz CT molecular complexity index is 2700. The topological polar surface area (TPSA) is 14.8 Å².